The Kier molecular flexibility index (Phi) is 12.3. The van der Waals surface area contributed by atoms with Crippen LogP contribution in [0.4, 0.5) is 0 Å². The molecule has 0 radical (unpaired) electrons. The van der Waals surface area contributed by atoms with Gasteiger partial charge in [-0.15, -0.1) is 0 Å². The first-order valence-corrected chi connectivity index (χ1v) is 13.8. The summed E-state index contributed by atoms with van der Waals surface area (Å²) in [5.74, 6) is 0. The standard InChI is InChI=1S/C18H32P2.2CHO.Ni/c1-5-15(6-1)19(16-7-2-8-16)13-14-20(17-9-3-10-17)18-11-4-12-18;2*1-2;/h15-18H,1-14H2;2*1H;/q;2*-1;+2/p+2. The van der Waals surface area contributed by atoms with Crippen LogP contribution in [0.3, 0.4) is 0 Å². The van der Waals surface area contributed by atoms with E-state index in [1.165, 1.54) is 22.6 Å². The minimum absolute atomic E-state index is 0. The fourth-order valence-electron chi connectivity index (χ4n) is 4.89. The molecule has 0 aromatic carbocycles. The summed E-state index contributed by atoms with van der Waals surface area (Å²) in [4.78, 5) is 15.5. The SMILES string of the molecule is C1CC([PH+](CC[PH+](C2CCC2)C2CCC2)C2CCC2)C1.[CH-]=O.[CH-]=O.[Ni+2]. The summed E-state index contributed by atoms with van der Waals surface area (Å²) in [7, 11) is 0.136. The molecule has 4 aliphatic carbocycles. The maximum absolute atomic E-state index is 7.75. The van der Waals surface area contributed by atoms with E-state index in [2.05, 4.69) is 13.6 Å². The Morgan fingerprint density at radius 2 is 0.720 bits per heavy atom. The van der Waals surface area contributed by atoms with Gasteiger partial charge in [-0.3, -0.25) is 13.6 Å². The first-order chi connectivity index (χ1) is 11.9. The van der Waals surface area contributed by atoms with Crippen molar-refractivity contribution in [1.29, 1.82) is 0 Å². The van der Waals surface area contributed by atoms with Gasteiger partial charge >= 0.3 is 16.5 Å². The van der Waals surface area contributed by atoms with E-state index >= 15 is 0 Å². The van der Waals surface area contributed by atoms with Crippen molar-refractivity contribution in [2.24, 2.45) is 0 Å². The van der Waals surface area contributed by atoms with E-state index in [4.69, 9.17) is 9.59 Å². The van der Waals surface area contributed by atoms with Gasteiger partial charge in [0.1, 0.15) is 0 Å². The maximum Gasteiger partial charge on any atom is 2.00 e. The minimum Gasteiger partial charge on any atom is -0.545 e. The average Bonchev–Trinajstić information content (AvgIpc) is 2.41. The largest absolute Gasteiger partial charge is 2.00 e. The summed E-state index contributed by atoms with van der Waals surface area (Å²) in [6.07, 6.45) is 23.0. The molecular formula is C20H36NiO2P2+2. The quantitative estimate of drug-likeness (QED) is 0.245. The Balaban J connectivity index is 0.000000586. The van der Waals surface area contributed by atoms with E-state index in [0.717, 1.165) is 0 Å². The van der Waals surface area contributed by atoms with Crippen LogP contribution in [0.15, 0.2) is 0 Å². The van der Waals surface area contributed by atoms with E-state index in [1.807, 2.05) is 0 Å². The molecule has 4 aliphatic rings. The molecule has 0 saturated heterocycles. The van der Waals surface area contributed by atoms with Crippen molar-refractivity contribution in [3.63, 3.8) is 0 Å². The normalized spacial score (nSPS) is 23.6. The maximum atomic E-state index is 7.75. The zero-order chi connectivity index (χ0) is 17.4. The van der Waals surface area contributed by atoms with Crippen LogP contribution >= 0.6 is 15.8 Å². The summed E-state index contributed by atoms with van der Waals surface area (Å²) in [5, 5.41) is 0. The molecule has 0 aromatic rings. The number of hydrogen-bond donors (Lipinski definition) is 0. The van der Waals surface area contributed by atoms with Crippen molar-refractivity contribution >= 4 is 29.4 Å². The van der Waals surface area contributed by atoms with Crippen molar-refractivity contribution in [3.05, 3.63) is 0 Å². The third kappa shape index (κ3) is 6.09. The fraction of sp³-hybridized carbons (Fsp3) is 0.900. The first kappa shape index (κ1) is 23.7. The molecule has 146 valence electrons. The van der Waals surface area contributed by atoms with Gasteiger partial charge in [-0.05, 0) is 77.0 Å². The molecule has 0 aliphatic heterocycles. The van der Waals surface area contributed by atoms with Crippen LogP contribution in [0, 0.1) is 0 Å². The van der Waals surface area contributed by atoms with E-state index in [1.54, 1.807) is 89.4 Å². The van der Waals surface area contributed by atoms with Crippen LogP contribution in [-0.2, 0) is 26.1 Å². The van der Waals surface area contributed by atoms with Crippen molar-refractivity contribution < 1.29 is 26.1 Å². The summed E-state index contributed by atoms with van der Waals surface area (Å²) < 4.78 is 0. The molecule has 0 heterocycles. The summed E-state index contributed by atoms with van der Waals surface area (Å²) in [6.45, 7) is 6.50. The average molecular weight is 429 g/mol. The van der Waals surface area contributed by atoms with Gasteiger partial charge in [0.15, 0.2) is 0 Å². The Hall–Kier alpha value is 0.694. The molecule has 2 nitrogen and oxygen atoms in total. The molecule has 0 spiro atoms. The van der Waals surface area contributed by atoms with E-state index in [-0.39, 0.29) is 32.3 Å². The van der Waals surface area contributed by atoms with Crippen molar-refractivity contribution in [2.45, 2.75) is 99.7 Å². The van der Waals surface area contributed by atoms with Gasteiger partial charge in [0.2, 0.25) is 0 Å². The van der Waals surface area contributed by atoms with Gasteiger partial charge in [-0.2, -0.15) is 0 Å². The van der Waals surface area contributed by atoms with Crippen molar-refractivity contribution in [1.82, 2.24) is 0 Å². The number of rotatable bonds is 7. The second-order valence-electron chi connectivity index (χ2n) is 8.16. The Labute approximate surface area is 167 Å². The molecule has 0 aromatic heterocycles. The van der Waals surface area contributed by atoms with Gasteiger partial charge in [0.25, 0.3) is 0 Å². The molecular weight excluding hydrogens is 393 g/mol. The minimum atomic E-state index is 0. The Morgan fingerprint density at radius 3 is 0.840 bits per heavy atom. The second kappa shape index (κ2) is 13.0. The van der Waals surface area contributed by atoms with Crippen LogP contribution in [-0.4, -0.2) is 48.5 Å². The van der Waals surface area contributed by atoms with Crippen molar-refractivity contribution in [2.75, 3.05) is 12.3 Å². The molecule has 0 atom stereocenters. The Bertz CT molecular complexity index is 294. The zero-order valence-electron chi connectivity index (χ0n) is 15.5. The van der Waals surface area contributed by atoms with Gasteiger partial charge in [0.05, 0.1) is 35.0 Å². The van der Waals surface area contributed by atoms with Gasteiger partial charge in [-0.25, -0.2) is 0 Å². The predicted molar refractivity (Wildman–Crippen MR) is 110 cm³/mol. The van der Waals surface area contributed by atoms with Gasteiger partial charge in [0, 0.05) is 15.8 Å². The first-order valence-electron chi connectivity index (χ1n) is 10.1. The second-order valence-corrected chi connectivity index (χ2v) is 14.7. The van der Waals surface area contributed by atoms with Crippen LogP contribution in [0.5, 0.6) is 0 Å². The molecule has 25 heavy (non-hydrogen) atoms. The monoisotopic (exact) mass is 428 g/mol. The van der Waals surface area contributed by atoms with Gasteiger partial charge < -0.3 is 9.59 Å². The van der Waals surface area contributed by atoms with E-state index in [9.17, 15) is 0 Å². The fourth-order valence-corrected chi connectivity index (χ4v) is 14.8. The van der Waals surface area contributed by atoms with Crippen LogP contribution in [0.1, 0.15) is 77.0 Å². The zero-order valence-corrected chi connectivity index (χ0v) is 18.5. The number of carbonyl (C=O) groups excluding carboxylic acids is 2. The molecule has 4 rings (SSSR count). The predicted octanol–water partition coefficient (Wildman–Crippen LogP) is 5.07. The third-order valence-corrected chi connectivity index (χ3v) is 15.9. The molecule has 0 N–H and O–H groups in total. The van der Waals surface area contributed by atoms with Crippen LogP contribution in [0.25, 0.3) is 0 Å². The van der Waals surface area contributed by atoms with Crippen LogP contribution < -0.4 is 0 Å². The summed E-state index contributed by atoms with van der Waals surface area (Å²) in [6, 6.07) is 0. The topological polar surface area (TPSA) is 34.1 Å². The molecule has 4 saturated carbocycles. The third-order valence-electron chi connectivity index (χ3n) is 7.22. The molecule has 0 amide bonds. The molecule has 5 heteroatoms. The molecule has 4 fully saturated rings. The van der Waals surface area contributed by atoms with Crippen LogP contribution in [0.2, 0.25) is 0 Å². The van der Waals surface area contributed by atoms with E-state index in [0.29, 0.717) is 0 Å². The molecule has 0 bridgehead atoms. The Morgan fingerprint density at radius 1 is 0.520 bits per heavy atom. The smallest absolute Gasteiger partial charge is 0.545 e. The van der Waals surface area contributed by atoms with Gasteiger partial charge in [-0.1, -0.05) is 0 Å². The molecule has 0 unspecified atom stereocenters. The van der Waals surface area contributed by atoms with Crippen molar-refractivity contribution in [3.8, 4) is 0 Å². The number of hydrogen-bond acceptors (Lipinski definition) is 2. The van der Waals surface area contributed by atoms with E-state index < -0.39 is 0 Å². The summed E-state index contributed by atoms with van der Waals surface area (Å²) in [5.41, 5.74) is 5.10. The summed E-state index contributed by atoms with van der Waals surface area (Å²) >= 11 is 0.